The van der Waals surface area contributed by atoms with Crippen molar-refractivity contribution >= 4 is 17.7 Å². The molecule has 1 spiro atoms. The van der Waals surface area contributed by atoms with E-state index in [-0.39, 0.29) is 11.7 Å². The van der Waals surface area contributed by atoms with Crippen LogP contribution in [0.5, 0.6) is 0 Å². The molecule has 2 aliphatic heterocycles. The predicted octanol–water partition coefficient (Wildman–Crippen LogP) is 4.90. The number of alkyl halides is 6. The summed E-state index contributed by atoms with van der Waals surface area (Å²) >= 11 is 0. The van der Waals surface area contributed by atoms with Crippen molar-refractivity contribution in [2.45, 2.75) is 44.7 Å². The van der Waals surface area contributed by atoms with Crippen LogP contribution >= 0.6 is 0 Å². The fourth-order valence-electron chi connectivity index (χ4n) is 5.01. The molecular formula is C27H25F6N5O3. The molecule has 5 rings (SSSR count). The summed E-state index contributed by atoms with van der Waals surface area (Å²) in [6.07, 6.45) is -3.49. The van der Waals surface area contributed by atoms with Gasteiger partial charge in [-0.1, -0.05) is 30.3 Å². The second-order valence-electron chi connectivity index (χ2n) is 9.80. The van der Waals surface area contributed by atoms with Crippen LogP contribution < -0.4 is 4.90 Å². The molecule has 41 heavy (non-hydrogen) atoms. The van der Waals surface area contributed by atoms with E-state index in [1.54, 1.807) is 12.4 Å². The highest BCUT2D eigenvalue weighted by Gasteiger charge is 2.46. The van der Waals surface area contributed by atoms with Crippen LogP contribution in [0.4, 0.5) is 32.2 Å². The lowest BCUT2D eigenvalue weighted by atomic mass is 9.73. The molecule has 218 valence electrons. The van der Waals surface area contributed by atoms with Gasteiger partial charge in [0, 0.05) is 44.6 Å². The summed E-state index contributed by atoms with van der Waals surface area (Å²) in [6.45, 7) is 1.88. The Balaban J connectivity index is 0.000000493. The van der Waals surface area contributed by atoms with Crippen LogP contribution in [0.25, 0.3) is 0 Å². The zero-order valence-corrected chi connectivity index (χ0v) is 21.5. The Labute approximate surface area is 230 Å². The van der Waals surface area contributed by atoms with Gasteiger partial charge in [0.1, 0.15) is 17.8 Å². The predicted molar refractivity (Wildman–Crippen MR) is 133 cm³/mol. The number of carbonyl (C=O) groups is 2. The van der Waals surface area contributed by atoms with Gasteiger partial charge < -0.3 is 14.9 Å². The van der Waals surface area contributed by atoms with Crippen molar-refractivity contribution in [1.29, 1.82) is 0 Å². The number of halogens is 6. The quantitative estimate of drug-likeness (QED) is 0.440. The maximum atomic E-state index is 13.9. The third-order valence-electron chi connectivity index (χ3n) is 7.08. The van der Waals surface area contributed by atoms with Gasteiger partial charge in [-0.3, -0.25) is 9.78 Å². The lowest BCUT2D eigenvalue weighted by molar-refractivity contribution is -0.192. The number of anilines is 1. The molecule has 0 unspecified atom stereocenters. The number of carboxylic acid groups (broad SMARTS) is 1. The van der Waals surface area contributed by atoms with Crippen LogP contribution in [-0.4, -0.2) is 56.1 Å². The first-order valence-electron chi connectivity index (χ1n) is 12.5. The molecule has 8 nitrogen and oxygen atoms in total. The van der Waals surface area contributed by atoms with E-state index in [1.165, 1.54) is 0 Å². The average molecular weight is 582 g/mol. The standard InChI is InChI=1S/C25H24F3N5O.C2HF3O2/c26-25(27,28)21-12-22(31-17-30-21)32-10-7-24(8-11-32)13-19-5-1-2-6-20(19)16-33(23(24)34)15-18-4-3-9-29-14-18;3-2(4,5)1(6)7/h1-6,9,12,14,17H,7-8,10-11,13,15-16H2;(H,6,7). The number of rotatable bonds is 3. The summed E-state index contributed by atoms with van der Waals surface area (Å²) < 4.78 is 71.1. The van der Waals surface area contributed by atoms with Gasteiger partial charge >= 0.3 is 18.3 Å². The Hall–Kier alpha value is -4.23. The van der Waals surface area contributed by atoms with Gasteiger partial charge in [-0.15, -0.1) is 0 Å². The van der Waals surface area contributed by atoms with Crippen molar-refractivity contribution in [3.05, 3.63) is 83.6 Å². The van der Waals surface area contributed by atoms with Crippen molar-refractivity contribution in [1.82, 2.24) is 19.9 Å². The Morgan fingerprint density at radius 3 is 2.22 bits per heavy atom. The molecule has 1 fully saturated rings. The highest BCUT2D eigenvalue weighted by atomic mass is 19.4. The van der Waals surface area contributed by atoms with Gasteiger partial charge in [0.2, 0.25) is 5.91 Å². The van der Waals surface area contributed by atoms with Crippen LogP contribution in [0.1, 0.15) is 35.2 Å². The molecule has 0 atom stereocenters. The van der Waals surface area contributed by atoms with Crippen LogP contribution in [0.3, 0.4) is 0 Å². The molecule has 3 aromatic rings. The maximum Gasteiger partial charge on any atom is 0.490 e. The molecule has 1 aromatic carbocycles. The minimum Gasteiger partial charge on any atom is -0.475 e. The van der Waals surface area contributed by atoms with Gasteiger partial charge in [-0.2, -0.15) is 26.3 Å². The fraction of sp³-hybridized carbons (Fsp3) is 0.370. The number of benzene rings is 1. The van der Waals surface area contributed by atoms with Crippen molar-refractivity contribution < 1.29 is 41.0 Å². The summed E-state index contributed by atoms with van der Waals surface area (Å²) in [7, 11) is 0. The van der Waals surface area contributed by atoms with Gasteiger partial charge in [0.05, 0.1) is 5.41 Å². The number of amides is 1. The molecule has 2 aromatic heterocycles. The number of aliphatic carboxylic acids is 1. The van der Waals surface area contributed by atoms with Crippen LogP contribution in [-0.2, 0) is 35.3 Å². The van der Waals surface area contributed by atoms with Gasteiger partial charge in [0.25, 0.3) is 0 Å². The van der Waals surface area contributed by atoms with Crippen molar-refractivity contribution in [2.24, 2.45) is 5.41 Å². The zero-order valence-electron chi connectivity index (χ0n) is 21.5. The van der Waals surface area contributed by atoms with E-state index in [0.29, 0.717) is 45.4 Å². The number of carbonyl (C=O) groups excluding carboxylic acids is 1. The number of pyridine rings is 1. The third-order valence-corrected chi connectivity index (χ3v) is 7.08. The lowest BCUT2D eigenvalue weighted by Gasteiger charge is -2.42. The molecule has 1 N–H and O–H groups in total. The summed E-state index contributed by atoms with van der Waals surface area (Å²) in [6, 6.07) is 12.9. The number of hydrogen-bond donors (Lipinski definition) is 1. The van der Waals surface area contributed by atoms with E-state index in [9.17, 15) is 31.1 Å². The van der Waals surface area contributed by atoms with E-state index in [1.807, 2.05) is 34.1 Å². The number of nitrogens with zero attached hydrogens (tertiary/aromatic N) is 5. The van der Waals surface area contributed by atoms with Crippen molar-refractivity contribution in [3.63, 3.8) is 0 Å². The third kappa shape index (κ3) is 7.11. The van der Waals surface area contributed by atoms with Gasteiger partial charge in [-0.25, -0.2) is 14.8 Å². The molecule has 0 radical (unpaired) electrons. The molecule has 4 heterocycles. The Morgan fingerprint density at radius 1 is 0.976 bits per heavy atom. The summed E-state index contributed by atoms with van der Waals surface area (Å²) in [5.41, 5.74) is 1.68. The Kier molecular flexibility index (Phi) is 8.50. The molecule has 14 heteroatoms. The molecular weight excluding hydrogens is 556 g/mol. The largest absolute Gasteiger partial charge is 0.490 e. The lowest BCUT2D eigenvalue weighted by Crippen LogP contribution is -2.50. The van der Waals surface area contributed by atoms with E-state index >= 15 is 0 Å². The normalized spacial score (nSPS) is 16.9. The smallest absolute Gasteiger partial charge is 0.475 e. The molecule has 2 aliphatic rings. The first kappa shape index (κ1) is 29.7. The monoisotopic (exact) mass is 581 g/mol. The highest BCUT2D eigenvalue weighted by Crippen LogP contribution is 2.42. The zero-order chi connectivity index (χ0) is 29.8. The van der Waals surface area contributed by atoms with E-state index < -0.39 is 29.4 Å². The number of fused-ring (bicyclic) bond motifs is 1. The number of piperidine rings is 1. The van der Waals surface area contributed by atoms with Crippen molar-refractivity contribution in [2.75, 3.05) is 18.0 Å². The number of aromatic nitrogens is 3. The average Bonchev–Trinajstić information content (AvgIpc) is 3.04. The number of hydrogen-bond acceptors (Lipinski definition) is 6. The van der Waals surface area contributed by atoms with E-state index in [4.69, 9.17) is 9.90 Å². The fourth-order valence-corrected chi connectivity index (χ4v) is 5.01. The Morgan fingerprint density at radius 2 is 1.63 bits per heavy atom. The SMILES string of the molecule is O=C(O)C(F)(F)F.O=C1N(Cc2cccnc2)Cc2ccccc2CC12CCN(c1cc(C(F)(F)F)ncn1)CC2. The molecule has 0 bridgehead atoms. The molecule has 0 saturated carbocycles. The molecule has 0 aliphatic carbocycles. The van der Waals surface area contributed by atoms with Crippen LogP contribution in [0, 0.1) is 5.41 Å². The second-order valence-corrected chi connectivity index (χ2v) is 9.80. The summed E-state index contributed by atoms with van der Waals surface area (Å²) in [5.74, 6) is -2.43. The second kappa shape index (κ2) is 11.7. The topological polar surface area (TPSA) is 99.5 Å². The van der Waals surface area contributed by atoms with Crippen molar-refractivity contribution in [3.8, 4) is 0 Å². The Bertz CT molecular complexity index is 1380. The first-order valence-corrected chi connectivity index (χ1v) is 12.5. The van der Waals surface area contributed by atoms with Gasteiger partial charge in [0.15, 0.2) is 0 Å². The summed E-state index contributed by atoms with van der Waals surface area (Å²) in [4.78, 5) is 38.1. The van der Waals surface area contributed by atoms with Crippen LogP contribution in [0.2, 0.25) is 0 Å². The van der Waals surface area contributed by atoms with Crippen LogP contribution in [0.15, 0.2) is 61.2 Å². The maximum absolute atomic E-state index is 13.9. The first-order chi connectivity index (χ1) is 19.3. The number of carboxylic acids is 1. The minimum absolute atomic E-state index is 0.0888. The summed E-state index contributed by atoms with van der Waals surface area (Å²) in [5, 5.41) is 7.12. The highest BCUT2D eigenvalue weighted by molar-refractivity contribution is 5.84. The van der Waals surface area contributed by atoms with E-state index in [0.717, 1.165) is 29.1 Å². The molecule has 1 amide bonds. The molecule has 1 saturated heterocycles. The van der Waals surface area contributed by atoms with E-state index in [2.05, 4.69) is 27.1 Å². The van der Waals surface area contributed by atoms with Gasteiger partial charge in [-0.05, 0) is 42.0 Å². The minimum atomic E-state index is -5.08.